The third-order valence-electron chi connectivity index (χ3n) is 5.86. The molecule has 4 aromatic rings. The fourth-order valence-electron chi connectivity index (χ4n) is 4.12. The molecule has 0 amide bonds. The summed E-state index contributed by atoms with van der Waals surface area (Å²) in [7, 11) is 0. The SMILES string of the molecule is OC(Nc1nc(CN2CCOCC2)cs1)c1cccc2ccc(-c3ccccc3C(F)(F)F)nc12. The van der Waals surface area contributed by atoms with Crippen LogP contribution < -0.4 is 5.32 Å². The molecule has 5 rings (SSSR count). The second-order valence-corrected chi connectivity index (χ2v) is 9.10. The average Bonchev–Trinajstić information content (AvgIpc) is 3.29. The lowest BCUT2D eigenvalue weighted by atomic mass is 10.0. The Bertz CT molecular complexity index is 1320. The Morgan fingerprint density at radius 3 is 2.63 bits per heavy atom. The molecule has 1 fully saturated rings. The van der Waals surface area contributed by atoms with Gasteiger partial charge in [0.1, 0.15) is 0 Å². The number of thiazole rings is 1. The molecule has 1 aliphatic rings. The number of hydrogen-bond acceptors (Lipinski definition) is 7. The number of pyridine rings is 1. The van der Waals surface area contributed by atoms with Crippen LogP contribution in [0.25, 0.3) is 22.2 Å². The van der Waals surface area contributed by atoms with Gasteiger partial charge in [-0.2, -0.15) is 13.2 Å². The summed E-state index contributed by atoms with van der Waals surface area (Å²) in [6, 6.07) is 13.9. The number of para-hydroxylation sites is 1. The molecule has 0 saturated carbocycles. The van der Waals surface area contributed by atoms with Crippen LogP contribution in [0.1, 0.15) is 23.0 Å². The highest BCUT2D eigenvalue weighted by Crippen LogP contribution is 2.37. The number of anilines is 1. The molecule has 0 bridgehead atoms. The van der Waals surface area contributed by atoms with Gasteiger partial charge >= 0.3 is 6.18 Å². The molecule has 10 heteroatoms. The maximum Gasteiger partial charge on any atom is 0.417 e. The Labute approximate surface area is 204 Å². The van der Waals surface area contributed by atoms with Crippen molar-refractivity contribution >= 4 is 27.4 Å². The largest absolute Gasteiger partial charge is 0.417 e. The summed E-state index contributed by atoms with van der Waals surface area (Å²) in [5, 5.41) is 17.2. The second-order valence-electron chi connectivity index (χ2n) is 8.24. The predicted molar refractivity (Wildman–Crippen MR) is 129 cm³/mol. The molecule has 182 valence electrons. The molecule has 0 spiro atoms. The van der Waals surface area contributed by atoms with Crippen LogP contribution in [0, 0.1) is 0 Å². The number of alkyl halides is 3. The van der Waals surface area contributed by atoms with Crippen molar-refractivity contribution in [3.63, 3.8) is 0 Å². The number of fused-ring (bicyclic) bond motifs is 1. The summed E-state index contributed by atoms with van der Waals surface area (Å²) < 4.78 is 46.0. The molecule has 3 heterocycles. The van der Waals surface area contributed by atoms with E-state index in [2.05, 4.69) is 20.2 Å². The van der Waals surface area contributed by atoms with E-state index < -0.39 is 18.0 Å². The highest BCUT2D eigenvalue weighted by Gasteiger charge is 2.33. The van der Waals surface area contributed by atoms with E-state index in [1.807, 2.05) is 11.4 Å². The van der Waals surface area contributed by atoms with Crippen LogP contribution in [0.5, 0.6) is 0 Å². The molecule has 35 heavy (non-hydrogen) atoms. The lowest BCUT2D eigenvalue weighted by Crippen LogP contribution is -2.35. The standard InChI is InChI=1S/C25H23F3N4O2S/c26-25(27,28)20-7-2-1-5-18(20)21-9-8-16-4-3-6-19(22(16)30-21)23(33)31-24-29-17(15-35-24)14-32-10-12-34-13-11-32/h1-9,15,23,33H,10-14H2,(H,29,31). The van der Waals surface area contributed by atoms with E-state index in [4.69, 9.17) is 4.74 Å². The number of nitrogens with zero attached hydrogens (tertiary/aromatic N) is 3. The molecule has 2 N–H and O–H groups in total. The van der Waals surface area contributed by atoms with E-state index in [9.17, 15) is 18.3 Å². The van der Waals surface area contributed by atoms with Crippen molar-refractivity contribution in [3.8, 4) is 11.3 Å². The number of halogens is 3. The van der Waals surface area contributed by atoms with Gasteiger partial charge in [0, 0.05) is 41.5 Å². The zero-order valence-corrected chi connectivity index (χ0v) is 19.4. The summed E-state index contributed by atoms with van der Waals surface area (Å²) in [4.78, 5) is 11.4. The van der Waals surface area contributed by atoms with Crippen LogP contribution in [0.15, 0.2) is 60.0 Å². The van der Waals surface area contributed by atoms with Crippen molar-refractivity contribution in [3.05, 3.63) is 76.8 Å². The normalized spacial score (nSPS) is 15.9. The van der Waals surface area contributed by atoms with Gasteiger partial charge in [-0.05, 0) is 12.1 Å². The first-order chi connectivity index (χ1) is 16.9. The van der Waals surface area contributed by atoms with Gasteiger partial charge in [0.15, 0.2) is 11.4 Å². The number of aliphatic hydroxyl groups is 1. The lowest BCUT2D eigenvalue weighted by molar-refractivity contribution is -0.137. The van der Waals surface area contributed by atoms with Crippen LogP contribution in [0.4, 0.5) is 18.3 Å². The summed E-state index contributed by atoms with van der Waals surface area (Å²) in [6.07, 6.45) is -5.64. The van der Waals surface area contributed by atoms with Crippen molar-refractivity contribution in [2.24, 2.45) is 0 Å². The summed E-state index contributed by atoms with van der Waals surface area (Å²) in [6.45, 7) is 3.82. The molecular formula is C25H23F3N4O2S. The Morgan fingerprint density at radius 2 is 1.83 bits per heavy atom. The van der Waals surface area contributed by atoms with Gasteiger partial charge in [-0.25, -0.2) is 9.97 Å². The summed E-state index contributed by atoms with van der Waals surface area (Å²) >= 11 is 1.39. The van der Waals surface area contributed by atoms with Crippen LogP contribution in [-0.4, -0.2) is 46.3 Å². The topological polar surface area (TPSA) is 70.5 Å². The van der Waals surface area contributed by atoms with Crippen molar-refractivity contribution in [1.29, 1.82) is 0 Å². The third kappa shape index (κ3) is 5.30. The third-order valence-corrected chi connectivity index (χ3v) is 6.68. The van der Waals surface area contributed by atoms with E-state index in [-0.39, 0.29) is 11.3 Å². The van der Waals surface area contributed by atoms with Crippen LogP contribution >= 0.6 is 11.3 Å². The lowest BCUT2D eigenvalue weighted by Gasteiger charge is -2.25. The number of ether oxygens (including phenoxy) is 1. The molecule has 1 saturated heterocycles. The number of morpholine rings is 1. The fraction of sp³-hybridized carbons (Fsp3) is 0.280. The minimum absolute atomic E-state index is 0.00756. The van der Waals surface area contributed by atoms with Gasteiger partial charge in [0.05, 0.1) is 35.7 Å². The highest BCUT2D eigenvalue weighted by molar-refractivity contribution is 7.13. The van der Waals surface area contributed by atoms with Crippen molar-refractivity contribution in [2.75, 3.05) is 31.6 Å². The Morgan fingerprint density at radius 1 is 1.03 bits per heavy atom. The Balaban J connectivity index is 1.41. The van der Waals surface area contributed by atoms with Gasteiger partial charge in [-0.15, -0.1) is 11.3 Å². The number of rotatable bonds is 6. The van der Waals surface area contributed by atoms with Crippen LogP contribution in [0.3, 0.4) is 0 Å². The van der Waals surface area contributed by atoms with E-state index in [0.717, 1.165) is 24.8 Å². The van der Waals surface area contributed by atoms with Gasteiger partial charge < -0.3 is 15.2 Å². The first kappa shape index (κ1) is 23.7. The second kappa shape index (κ2) is 9.90. The van der Waals surface area contributed by atoms with Crippen LogP contribution in [-0.2, 0) is 17.5 Å². The summed E-state index contributed by atoms with van der Waals surface area (Å²) in [5.41, 5.74) is 1.21. The first-order valence-electron chi connectivity index (χ1n) is 11.1. The maximum absolute atomic E-state index is 13.6. The predicted octanol–water partition coefficient (Wildman–Crippen LogP) is 5.31. The average molecular weight is 501 g/mol. The highest BCUT2D eigenvalue weighted by atomic mass is 32.1. The van der Waals surface area contributed by atoms with Crippen molar-refractivity contribution < 1.29 is 23.0 Å². The number of nitrogens with one attached hydrogen (secondary N) is 1. The molecule has 6 nitrogen and oxygen atoms in total. The number of aromatic nitrogens is 2. The zero-order valence-electron chi connectivity index (χ0n) is 18.6. The van der Waals surface area contributed by atoms with Gasteiger partial charge in [0.25, 0.3) is 0 Å². The molecule has 0 aliphatic carbocycles. The van der Waals surface area contributed by atoms with E-state index >= 15 is 0 Å². The number of benzene rings is 2. The van der Waals surface area contributed by atoms with Gasteiger partial charge in [-0.3, -0.25) is 4.90 Å². The fourth-order valence-corrected chi connectivity index (χ4v) is 4.85. The van der Waals surface area contributed by atoms with Gasteiger partial charge in [-0.1, -0.05) is 42.5 Å². The Kier molecular flexibility index (Phi) is 6.70. The van der Waals surface area contributed by atoms with Gasteiger partial charge in [0.2, 0.25) is 0 Å². The van der Waals surface area contributed by atoms with E-state index in [0.29, 0.717) is 41.4 Å². The molecule has 1 aliphatic heterocycles. The molecule has 2 aromatic carbocycles. The minimum Gasteiger partial charge on any atom is -0.379 e. The quantitative estimate of drug-likeness (QED) is 0.350. The minimum atomic E-state index is -4.50. The summed E-state index contributed by atoms with van der Waals surface area (Å²) in [5.74, 6) is 0. The number of aliphatic hydroxyl groups excluding tert-OH is 1. The first-order valence-corrected chi connectivity index (χ1v) is 12.0. The molecule has 0 radical (unpaired) electrons. The molecular weight excluding hydrogens is 477 g/mol. The smallest absolute Gasteiger partial charge is 0.379 e. The van der Waals surface area contributed by atoms with Crippen molar-refractivity contribution in [1.82, 2.24) is 14.9 Å². The number of hydrogen-bond donors (Lipinski definition) is 2. The van der Waals surface area contributed by atoms with E-state index in [1.54, 1.807) is 30.3 Å². The van der Waals surface area contributed by atoms with Crippen LogP contribution in [0.2, 0.25) is 0 Å². The Hall–Kier alpha value is -3.05. The maximum atomic E-state index is 13.6. The monoisotopic (exact) mass is 500 g/mol. The van der Waals surface area contributed by atoms with Crippen molar-refractivity contribution in [2.45, 2.75) is 18.9 Å². The van der Waals surface area contributed by atoms with E-state index in [1.165, 1.54) is 23.5 Å². The molecule has 1 atom stereocenters. The molecule has 2 aromatic heterocycles. The zero-order chi connectivity index (χ0) is 24.4. The molecule has 1 unspecified atom stereocenters.